The molecule has 0 aliphatic carbocycles. The molecule has 0 saturated carbocycles. The van der Waals surface area contributed by atoms with E-state index in [1.807, 2.05) is 6.07 Å². The summed E-state index contributed by atoms with van der Waals surface area (Å²) in [7, 11) is 5.26. The summed E-state index contributed by atoms with van der Waals surface area (Å²) in [6.45, 7) is 10.8. The highest BCUT2D eigenvalue weighted by atomic mass is 32.9. The lowest BCUT2D eigenvalue weighted by atomic mass is 9.90. The lowest BCUT2D eigenvalue weighted by molar-refractivity contribution is 0.415. The van der Waals surface area contributed by atoms with Gasteiger partial charge in [-0.05, 0) is 70.2 Å². The van der Waals surface area contributed by atoms with E-state index in [0.717, 1.165) is 40.4 Å². The summed E-state index contributed by atoms with van der Waals surface area (Å²) in [5, 5.41) is 3.67. The first-order chi connectivity index (χ1) is 14.0. The summed E-state index contributed by atoms with van der Waals surface area (Å²) in [5.74, 6) is 0.863. The molecule has 0 unspecified atom stereocenters. The van der Waals surface area contributed by atoms with Crippen molar-refractivity contribution in [3.8, 4) is 16.9 Å². The Bertz CT molecular complexity index is 1080. The number of benzene rings is 2. The number of anilines is 2. The van der Waals surface area contributed by atoms with Crippen molar-refractivity contribution in [2.45, 2.75) is 33.2 Å². The zero-order valence-electron chi connectivity index (χ0n) is 17.6. The molecule has 0 spiro atoms. The van der Waals surface area contributed by atoms with Gasteiger partial charge in [0.1, 0.15) is 10.4 Å². The molecule has 0 bridgehead atoms. The molecule has 2 heterocycles. The number of ether oxygens (including phenoxy) is 1. The number of fused-ring (bicyclic) bond motifs is 3. The van der Waals surface area contributed by atoms with Crippen LogP contribution in [0.3, 0.4) is 0 Å². The molecule has 4 rings (SSSR count). The first-order valence-corrected chi connectivity index (χ1v) is 12.1. The van der Waals surface area contributed by atoms with E-state index >= 15 is 0 Å². The molecule has 29 heavy (non-hydrogen) atoms. The summed E-state index contributed by atoms with van der Waals surface area (Å²) >= 11 is 0. The van der Waals surface area contributed by atoms with E-state index in [1.165, 1.54) is 16.1 Å². The molecule has 0 atom stereocenters. The highest BCUT2D eigenvalue weighted by Gasteiger charge is 2.33. The first kappa shape index (κ1) is 20.0. The maximum absolute atomic E-state index is 5.48. The fraction of sp³-hybridized carbons (Fsp3) is 0.348. The van der Waals surface area contributed by atoms with Gasteiger partial charge in [-0.2, -0.15) is 0 Å². The number of rotatable bonds is 5. The zero-order valence-corrected chi connectivity index (χ0v) is 19.2. The SMILES string of the molecule is CCN(CC)c1ccc(N=c2ssc3c2-c2cc(OC)ccc2NC3(C)C)cc1. The van der Waals surface area contributed by atoms with E-state index in [-0.39, 0.29) is 5.54 Å². The molecular weight excluding hydrogens is 398 g/mol. The molecule has 152 valence electrons. The van der Waals surface area contributed by atoms with Gasteiger partial charge in [0.25, 0.3) is 0 Å². The van der Waals surface area contributed by atoms with Crippen LogP contribution in [0.5, 0.6) is 5.75 Å². The van der Waals surface area contributed by atoms with Crippen LogP contribution >= 0.6 is 20.7 Å². The van der Waals surface area contributed by atoms with E-state index in [4.69, 9.17) is 9.73 Å². The topological polar surface area (TPSA) is 36.9 Å². The van der Waals surface area contributed by atoms with Crippen molar-refractivity contribution < 1.29 is 4.74 Å². The molecule has 2 aromatic carbocycles. The van der Waals surface area contributed by atoms with Crippen LogP contribution in [0.1, 0.15) is 32.6 Å². The van der Waals surface area contributed by atoms with Gasteiger partial charge in [-0.3, -0.25) is 0 Å². The maximum atomic E-state index is 5.48. The van der Waals surface area contributed by atoms with Crippen molar-refractivity contribution in [1.82, 2.24) is 0 Å². The minimum atomic E-state index is -0.127. The summed E-state index contributed by atoms with van der Waals surface area (Å²) < 4.78 is 6.54. The first-order valence-electron chi connectivity index (χ1n) is 9.96. The molecule has 4 nitrogen and oxygen atoms in total. The third-order valence-corrected chi connectivity index (χ3v) is 8.01. The third kappa shape index (κ3) is 3.67. The molecule has 0 saturated heterocycles. The third-order valence-electron chi connectivity index (χ3n) is 5.36. The normalized spacial score (nSPS) is 14.7. The summed E-state index contributed by atoms with van der Waals surface area (Å²) in [5.41, 5.74) is 5.62. The standard InChI is InChI=1S/C23H27N3OS2/c1-6-26(7-2)16-10-8-15(9-11-16)24-22-20-18-14-17(27-5)12-13-19(18)25-23(3,4)21(20)28-29-22/h8-14,25H,6-7H2,1-5H3. The molecule has 1 aromatic heterocycles. The Morgan fingerprint density at radius 2 is 1.76 bits per heavy atom. The summed E-state index contributed by atoms with van der Waals surface area (Å²) in [6.07, 6.45) is 0. The second kappa shape index (κ2) is 7.84. The van der Waals surface area contributed by atoms with Crippen LogP contribution in [0, 0.1) is 0 Å². The Hall–Kier alpha value is -2.31. The van der Waals surface area contributed by atoms with Gasteiger partial charge in [0.15, 0.2) is 0 Å². The lowest BCUT2D eigenvalue weighted by Gasteiger charge is -2.33. The van der Waals surface area contributed by atoms with Crippen molar-refractivity contribution in [2.24, 2.45) is 4.99 Å². The lowest BCUT2D eigenvalue weighted by Crippen LogP contribution is -2.31. The van der Waals surface area contributed by atoms with Crippen molar-refractivity contribution in [1.29, 1.82) is 0 Å². The van der Waals surface area contributed by atoms with Gasteiger partial charge in [0, 0.05) is 35.6 Å². The van der Waals surface area contributed by atoms with Gasteiger partial charge >= 0.3 is 0 Å². The van der Waals surface area contributed by atoms with Gasteiger partial charge in [0.05, 0.1) is 23.2 Å². The average Bonchev–Trinajstić information content (AvgIpc) is 3.15. The fourth-order valence-electron chi connectivity index (χ4n) is 3.79. The van der Waals surface area contributed by atoms with Crippen LogP contribution in [-0.2, 0) is 5.54 Å². The average molecular weight is 426 g/mol. The molecule has 0 amide bonds. The van der Waals surface area contributed by atoms with Crippen LogP contribution in [0.4, 0.5) is 17.1 Å². The second-order valence-corrected chi connectivity index (χ2v) is 9.77. The van der Waals surface area contributed by atoms with E-state index in [9.17, 15) is 0 Å². The van der Waals surface area contributed by atoms with Crippen LogP contribution in [-0.4, -0.2) is 20.2 Å². The quantitative estimate of drug-likeness (QED) is 0.493. The highest BCUT2D eigenvalue weighted by molar-refractivity contribution is 7.68. The summed E-state index contributed by atoms with van der Waals surface area (Å²) in [4.78, 5) is 8.69. The largest absolute Gasteiger partial charge is 0.497 e. The molecule has 1 N–H and O–H groups in total. The maximum Gasteiger partial charge on any atom is 0.135 e. The fourth-order valence-corrected chi connectivity index (χ4v) is 6.73. The number of hydrogen-bond donors (Lipinski definition) is 1. The molecule has 0 fully saturated rings. The predicted octanol–water partition coefficient (Wildman–Crippen LogP) is 6.22. The minimum absolute atomic E-state index is 0.127. The van der Waals surface area contributed by atoms with Crippen molar-refractivity contribution in [2.75, 3.05) is 30.4 Å². The van der Waals surface area contributed by atoms with Crippen LogP contribution in [0.2, 0.25) is 0 Å². The minimum Gasteiger partial charge on any atom is -0.497 e. The second-order valence-electron chi connectivity index (χ2n) is 7.64. The molecule has 1 aliphatic heterocycles. The Morgan fingerprint density at radius 3 is 2.41 bits per heavy atom. The molecular formula is C23H27N3OS2. The van der Waals surface area contributed by atoms with E-state index in [2.05, 4.69) is 74.3 Å². The van der Waals surface area contributed by atoms with E-state index in [1.54, 1.807) is 27.8 Å². The number of nitrogens with zero attached hydrogens (tertiary/aromatic N) is 2. The van der Waals surface area contributed by atoms with Gasteiger partial charge in [-0.1, -0.05) is 20.7 Å². The van der Waals surface area contributed by atoms with Crippen molar-refractivity contribution in [3.05, 3.63) is 52.0 Å². The smallest absolute Gasteiger partial charge is 0.135 e. The molecule has 1 aliphatic rings. The van der Waals surface area contributed by atoms with Gasteiger partial charge in [0.2, 0.25) is 0 Å². The Morgan fingerprint density at radius 1 is 1.03 bits per heavy atom. The number of hydrogen-bond acceptors (Lipinski definition) is 6. The zero-order chi connectivity index (χ0) is 20.6. The number of nitrogens with one attached hydrogen (secondary N) is 1. The van der Waals surface area contributed by atoms with Crippen molar-refractivity contribution in [3.63, 3.8) is 0 Å². The summed E-state index contributed by atoms with van der Waals surface area (Å²) in [6, 6.07) is 14.8. The van der Waals surface area contributed by atoms with E-state index < -0.39 is 0 Å². The van der Waals surface area contributed by atoms with Crippen molar-refractivity contribution >= 4 is 37.7 Å². The monoisotopic (exact) mass is 425 g/mol. The van der Waals surface area contributed by atoms with Crippen LogP contribution in [0.25, 0.3) is 11.1 Å². The van der Waals surface area contributed by atoms with Gasteiger partial charge < -0.3 is 15.0 Å². The van der Waals surface area contributed by atoms with Crippen LogP contribution in [0.15, 0.2) is 47.5 Å². The Kier molecular flexibility index (Phi) is 5.40. The molecule has 6 heteroatoms. The predicted molar refractivity (Wildman–Crippen MR) is 126 cm³/mol. The molecule has 0 radical (unpaired) electrons. The Labute approximate surface area is 179 Å². The van der Waals surface area contributed by atoms with Crippen LogP contribution < -0.4 is 19.6 Å². The van der Waals surface area contributed by atoms with E-state index in [0.29, 0.717) is 0 Å². The van der Waals surface area contributed by atoms with Gasteiger partial charge in [-0.15, -0.1) is 0 Å². The highest BCUT2D eigenvalue weighted by Crippen LogP contribution is 2.46. The Balaban J connectivity index is 1.82. The van der Waals surface area contributed by atoms with Gasteiger partial charge in [-0.25, -0.2) is 4.99 Å². The number of methoxy groups -OCH3 is 1. The molecule has 3 aromatic rings.